The predicted molar refractivity (Wildman–Crippen MR) is 89.7 cm³/mol. The van der Waals surface area contributed by atoms with Gasteiger partial charge in [0.15, 0.2) is 0 Å². The minimum absolute atomic E-state index is 0.321. The van der Waals surface area contributed by atoms with E-state index in [4.69, 9.17) is 10.4 Å². The largest absolute Gasteiger partial charge is 0.481 e. The first-order valence-electron chi connectivity index (χ1n) is 8.88. The number of unbranched alkanes of at least 4 members (excludes halogenated alkanes) is 12. The second-order valence-corrected chi connectivity index (χ2v) is 6.12. The molecule has 0 saturated carbocycles. The van der Waals surface area contributed by atoms with Crippen molar-refractivity contribution in [2.24, 2.45) is 0 Å². The van der Waals surface area contributed by atoms with Crippen molar-refractivity contribution in [1.29, 1.82) is 0 Å². The van der Waals surface area contributed by atoms with E-state index >= 15 is 0 Å². The Balaban J connectivity index is 3.02. The van der Waals surface area contributed by atoms with Crippen LogP contribution in [0, 0.1) is 0 Å². The summed E-state index contributed by atoms with van der Waals surface area (Å²) in [6, 6.07) is 0. The summed E-state index contributed by atoms with van der Waals surface area (Å²) in [6.07, 6.45) is 16.7. The zero-order valence-corrected chi connectivity index (χ0v) is 14.0. The molecule has 0 bridgehead atoms. The maximum Gasteiger partial charge on any atom is 0.303 e. The Morgan fingerprint density at radius 1 is 0.682 bits per heavy atom. The van der Waals surface area contributed by atoms with Crippen molar-refractivity contribution in [2.45, 2.75) is 96.3 Å². The van der Waals surface area contributed by atoms with Gasteiger partial charge in [-0.25, -0.2) is 5.26 Å². The van der Waals surface area contributed by atoms with Gasteiger partial charge in [-0.15, -0.1) is 0 Å². The summed E-state index contributed by atoms with van der Waals surface area (Å²) < 4.78 is 0. The van der Waals surface area contributed by atoms with E-state index in [9.17, 15) is 4.79 Å². The molecule has 0 aliphatic carbocycles. The van der Waals surface area contributed by atoms with Crippen LogP contribution < -0.4 is 0 Å². The van der Waals surface area contributed by atoms with Crippen LogP contribution >= 0.6 is 0 Å². The molecule has 0 fully saturated rings. The molecule has 0 spiro atoms. The zero-order chi connectivity index (χ0) is 16.5. The monoisotopic (exact) mass is 314 g/mol. The minimum atomic E-state index is -0.674. The van der Waals surface area contributed by atoms with Gasteiger partial charge in [-0.2, -0.15) is 0 Å². The molecule has 0 aromatic rings. The molecule has 4 heteroatoms. The van der Waals surface area contributed by atoms with Gasteiger partial charge in [0.2, 0.25) is 0 Å². The van der Waals surface area contributed by atoms with Crippen LogP contribution in [0.1, 0.15) is 96.3 Å². The quantitative estimate of drug-likeness (QED) is 0.151. The Morgan fingerprint density at radius 3 is 1.32 bits per heavy atom. The van der Waals surface area contributed by atoms with Crippen molar-refractivity contribution >= 4 is 5.97 Å². The van der Waals surface area contributed by atoms with Crippen LogP contribution in [0.15, 0.2) is 12.3 Å². The van der Waals surface area contributed by atoms with Crippen molar-refractivity contribution in [2.75, 3.05) is 0 Å². The van der Waals surface area contributed by atoms with E-state index in [1.807, 2.05) is 0 Å². The zero-order valence-electron chi connectivity index (χ0n) is 14.0. The summed E-state index contributed by atoms with van der Waals surface area (Å²) in [5.74, 6) is -0.213. The molecule has 0 rings (SSSR count). The maximum atomic E-state index is 10.3. The molecule has 0 aliphatic heterocycles. The summed E-state index contributed by atoms with van der Waals surface area (Å²) >= 11 is 0. The molecule has 0 aromatic carbocycles. The van der Waals surface area contributed by atoms with Gasteiger partial charge in [-0.1, -0.05) is 77.2 Å². The van der Waals surface area contributed by atoms with Crippen molar-refractivity contribution in [3.8, 4) is 0 Å². The number of allylic oxidation sites excluding steroid dienone is 1. The second-order valence-electron chi connectivity index (χ2n) is 6.12. The van der Waals surface area contributed by atoms with Gasteiger partial charge < -0.3 is 9.99 Å². The van der Waals surface area contributed by atoms with Crippen LogP contribution in [0.3, 0.4) is 0 Å². The third-order valence-corrected chi connectivity index (χ3v) is 3.98. The van der Waals surface area contributed by atoms with Gasteiger partial charge >= 0.3 is 5.97 Å². The molecule has 0 heterocycles. The Morgan fingerprint density at radius 2 is 1.00 bits per heavy atom. The van der Waals surface area contributed by atoms with Crippen molar-refractivity contribution in [3.05, 3.63) is 12.3 Å². The van der Waals surface area contributed by atoms with Crippen LogP contribution in [0.2, 0.25) is 0 Å². The average molecular weight is 314 g/mol. The molecule has 2 N–H and O–H groups in total. The molecule has 0 aliphatic rings. The van der Waals surface area contributed by atoms with E-state index in [2.05, 4.69) is 11.5 Å². The number of carboxylic acid groups (broad SMARTS) is 1. The number of aliphatic carboxylic acids is 1. The second kappa shape index (κ2) is 16.3. The lowest BCUT2D eigenvalue weighted by Gasteiger charge is -2.03. The van der Waals surface area contributed by atoms with Gasteiger partial charge in [-0.05, 0) is 12.8 Å². The Bertz CT molecular complexity index is 276. The fraction of sp³-hybridized carbons (Fsp3) is 0.833. The number of hydrogen-bond acceptors (Lipinski definition) is 3. The normalized spacial score (nSPS) is 10.6. The fourth-order valence-corrected chi connectivity index (χ4v) is 2.59. The summed E-state index contributed by atoms with van der Waals surface area (Å²) in [7, 11) is 0. The van der Waals surface area contributed by atoms with Crippen molar-refractivity contribution in [1.82, 2.24) is 0 Å². The molecule has 22 heavy (non-hydrogen) atoms. The van der Waals surface area contributed by atoms with E-state index < -0.39 is 5.97 Å². The van der Waals surface area contributed by atoms with Crippen LogP contribution in [0.5, 0.6) is 0 Å². The topological polar surface area (TPSA) is 66.8 Å². The molecular weight excluding hydrogens is 280 g/mol. The Labute approximate surface area is 135 Å². The van der Waals surface area contributed by atoms with E-state index in [1.165, 1.54) is 64.2 Å². The summed E-state index contributed by atoms with van der Waals surface area (Å²) in [4.78, 5) is 14.4. The van der Waals surface area contributed by atoms with Gasteiger partial charge in [0.25, 0.3) is 0 Å². The maximum absolute atomic E-state index is 10.3. The molecule has 0 radical (unpaired) electrons. The molecule has 0 atom stereocenters. The Kier molecular flexibility index (Phi) is 15.6. The lowest BCUT2D eigenvalue weighted by molar-refractivity contribution is -0.205. The van der Waals surface area contributed by atoms with Gasteiger partial charge in [-0.3, -0.25) is 4.79 Å². The molecule has 0 unspecified atom stereocenters. The SMILES string of the molecule is C=C(CCCCCCCCCCCCCCCC(=O)O)OO. The Hall–Kier alpha value is -1.03. The number of rotatable bonds is 17. The molecule has 4 nitrogen and oxygen atoms in total. The average Bonchev–Trinajstić information content (AvgIpc) is 2.50. The van der Waals surface area contributed by atoms with Crippen LogP contribution in [0.4, 0.5) is 0 Å². The molecule has 0 aromatic heterocycles. The van der Waals surface area contributed by atoms with Crippen LogP contribution in [0.25, 0.3) is 0 Å². The molecular formula is C18H34O4. The molecule has 0 saturated heterocycles. The highest BCUT2D eigenvalue weighted by atomic mass is 17.1. The number of carboxylic acids is 1. The predicted octanol–water partition coefficient (Wildman–Crippen LogP) is 5.93. The third-order valence-electron chi connectivity index (χ3n) is 3.98. The minimum Gasteiger partial charge on any atom is -0.481 e. The highest BCUT2D eigenvalue weighted by molar-refractivity contribution is 5.66. The summed E-state index contributed by atoms with van der Waals surface area (Å²) in [5, 5.41) is 16.9. The standard InChI is InChI=1S/C18H34O4/c1-17(22-21)15-13-11-9-7-5-3-2-4-6-8-10-12-14-16-18(19)20/h21H,1-16H2,(H,19,20). The van der Waals surface area contributed by atoms with E-state index in [0.717, 1.165) is 25.7 Å². The van der Waals surface area contributed by atoms with Crippen LogP contribution in [-0.2, 0) is 9.68 Å². The van der Waals surface area contributed by atoms with E-state index in [1.54, 1.807) is 0 Å². The van der Waals surface area contributed by atoms with E-state index in [0.29, 0.717) is 12.2 Å². The first-order chi connectivity index (χ1) is 10.7. The smallest absolute Gasteiger partial charge is 0.303 e. The summed E-state index contributed by atoms with van der Waals surface area (Å²) in [6.45, 7) is 3.58. The summed E-state index contributed by atoms with van der Waals surface area (Å²) in [5.41, 5.74) is 0. The van der Waals surface area contributed by atoms with Crippen molar-refractivity contribution in [3.63, 3.8) is 0 Å². The van der Waals surface area contributed by atoms with Crippen molar-refractivity contribution < 1.29 is 20.0 Å². The highest BCUT2D eigenvalue weighted by Gasteiger charge is 1.97. The molecule has 130 valence electrons. The fourth-order valence-electron chi connectivity index (χ4n) is 2.59. The lowest BCUT2D eigenvalue weighted by atomic mass is 10.0. The number of carbonyl (C=O) groups is 1. The number of hydrogen-bond donors (Lipinski definition) is 2. The lowest BCUT2D eigenvalue weighted by Crippen LogP contribution is -1.93. The van der Waals surface area contributed by atoms with Gasteiger partial charge in [0, 0.05) is 12.8 Å². The van der Waals surface area contributed by atoms with Gasteiger partial charge in [0.05, 0.1) is 0 Å². The first-order valence-corrected chi connectivity index (χ1v) is 8.88. The third kappa shape index (κ3) is 17.0. The van der Waals surface area contributed by atoms with E-state index in [-0.39, 0.29) is 0 Å². The van der Waals surface area contributed by atoms with Gasteiger partial charge in [0.1, 0.15) is 5.76 Å². The highest BCUT2D eigenvalue weighted by Crippen LogP contribution is 2.14. The van der Waals surface area contributed by atoms with Crippen LogP contribution in [-0.4, -0.2) is 16.3 Å². The first kappa shape index (κ1) is 21.0. The molecule has 0 amide bonds.